The molecule has 9 nitrogen and oxygen atoms in total. The van der Waals surface area contributed by atoms with Gasteiger partial charge < -0.3 is 24.4 Å². The fourth-order valence-corrected chi connectivity index (χ4v) is 4.20. The molecule has 0 fully saturated rings. The number of methoxy groups -OCH3 is 2. The molecule has 0 bridgehead atoms. The molecular formula is C28H31ClFN5O4. The second-order valence-corrected chi connectivity index (χ2v) is 9.54. The lowest BCUT2D eigenvalue weighted by atomic mass is 10.2. The molecule has 0 spiro atoms. The normalized spacial score (nSPS) is 11.2. The Kier molecular flexibility index (Phi) is 9.21. The van der Waals surface area contributed by atoms with Crippen LogP contribution in [0.2, 0.25) is 5.15 Å². The van der Waals surface area contributed by atoms with Gasteiger partial charge in [-0.1, -0.05) is 23.7 Å². The molecule has 2 heterocycles. The van der Waals surface area contributed by atoms with E-state index in [9.17, 15) is 4.79 Å². The molecule has 39 heavy (non-hydrogen) atoms. The summed E-state index contributed by atoms with van der Waals surface area (Å²) < 4.78 is 33.2. The number of nitrogens with one attached hydrogen (secondary N) is 1. The van der Waals surface area contributed by atoms with Gasteiger partial charge in [0.15, 0.2) is 11.6 Å². The highest BCUT2D eigenvalue weighted by Gasteiger charge is 2.20. The van der Waals surface area contributed by atoms with Gasteiger partial charge in [0.2, 0.25) is 5.91 Å². The lowest BCUT2D eigenvalue weighted by Crippen LogP contribution is -2.28. The first-order valence-electron chi connectivity index (χ1n) is 12.4. The highest BCUT2D eigenvalue weighted by atomic mass is 35.5. The van der Waals surface area contributed by atoms with Crippen molar-refractivity contribution in [1.82, 2.24) is 25.0 Å². The van der Waals surface area contributed by atoms with Crippen molar-refractivity contribution < 1.29 is 23.4 Å². The standard InChI is InChI=1S/C28H31ClFN5O4/c1-34(2)11-5-10-31-28(36)13-22-20-16-32-27(29)14-23(20)35(33-22)24-12-21(30)25(15-26(24)38-4)39-17-18-6-8-19(37-3)9-7-18/h6-9,12,14-16H,5,10-11,13,17H2,1-4H3,(H,31,36). The van der Waals surface area contributed by atoms with Crippen LogP contribution in [0.15, 0.2) is 48.7 Å². The molecule has 11 heteroatoms. The average molecular weight is 556 g/mol. The van der Waals surface area contributed by atoms with E-state index in [1.165, 1.54) is 23.9 Å². The first kappa shape index (κ1) is 28.1. The van der Waals surface area contributed by atoms with Gasteiger partial charge in [-0.3, -0.25) is 4.79 Å². The number of amides is 1. The van der Waals surface area contributed by atoms with Crippen molar-refractivity contribution in [1.29, 1.82) is 0 Å². The quantitative estimate of drug-likeness (QED) is 0.204. The predicted molar refractivity (Wildman–Crippen MR) is 148 cm³/mol. The summed E-state index contributed by atoms with van der Waals surface area (Å²) >= 11 is 6.18. The zero-order chi connectivity index (χ0) is 27.9. The van der Waals surface area contributed by atoms with Gasteiger partial charge in [-0.05, 0) is 44.8 Å². The minimum Gasteiger partial charge on any atom is -0.497 e. The van der Waals surface area contributed by atoms with Gasteiger partial charge in [-0.15, -0.1) is 0 Å². The molecule has 0 saturated heterocycles. The number of carbonyl (C=O) groups excluding carboxylic acids is 1. The summed E-state index contributed by atoms with van der Waals surface area (Å²) in [5, 5.41) is 8.42. The van der Waals surface area contributed by atoms with E-state index in [1.807, 2.05) is 38.4 Å². The highest BCUT2D eigenvalue weighted by molar-refractivity contribution is 6.30. The fourth-order valence-electron chi connectivity index (χ4n) is 4.04. The maximum absolute atomic E-state index is 15.3. The smallest absolute Gasteiger partial charge is 0.226 e. The van der Waals surface area contributed by atoms with Crippen molar-refractivity contribution in [2.45, 2.75) is 19.4 Å². The molecule has 0 aliphatic rings. The molecule has 1 amide bonds. The molecule has 0 saturated carbocycles. The zero-order valence-electron chi connectivity index (χ0n) is 22.3. The van der Waals surface area contributed by atoms with E-state index in [-0.39, 0.29) is 29.8 Å². The first-order chi connectivity index (χ1) is 18.8. The Morgan fingerprint density at radius 1 is 1.10 bits per heavy atom. The van der Waals surface area contributed by atoms with Crippen molar-refractivity contribution >= 4 is 28.4 Å². The monoisotopic (exact) mass is 555 g/mol. The number of halogens is 2. The van der Waals surface area contributed by atoms with E-state index >= 15 is 4.39 Å². The third-order valence-electron chi connectivity index (χ3n) is 6.06. The van der Waals surface area contributed by atoms with Crippen LogP contribution in [0.4, 0.5) is 4.39 Å². The topological polar surface area (TPSA) is 90.7 Å². The number of carbonyl (C=O) groups is 1. The van der Waals surface area contributed by atoms with Crippen LogP contribution in [-0.2, 0) is 17.8 Å². The van der Waals surface area contributed by atoms with Crippen LogP contribution in [-0.4, -0.2) is 67.0 Å². The van der Waals surface area contributed by atoms with E-state index in [1.54, 1.807) is 19.4 Å². The average Bonchev–Trinajstić information content (AvgIpc) is 3.27. The molecule has 0 aliphatic carbocycles. The third-order valence-corrected chi connectivity index (χ3v) is 6.26. The Bertz CT molecular complexity index is 1440. The first-order valence-corrected chi connectivity index (χ1v) is 12.7. The molecule has 206 valence electrons. The summed E-state index contributed by atoms with van der Waals surface area (Å²) in [6.07, 6.45) is 2.42. The number of nitrogens with zero attached hydrogens (tertiary/aromatic N) is 4. The van der Waals surface area contributed by atoms with Gasteiger partial charge in [-0.25, -0.2) is 14.1 Å². The number of fused-ring (bicyclic) bond motifs is 1. The Morgan fingerprint density at radius 3 is 2.56 bits per heavy atom. The van der Waals surface area contributed by atoms with Crippen molar-refractivity contribution in [2.24, 2.45) is 0 Å². The lowest BCUT2D eigenvalue weighted by molar-refractivity contribution is -0.120. The third kappa shape index (κ3) is 6.96. The fraction of sp³-hybridized carbons (Fsp3) is 0.321. The maximum atomic E-state index is 15.3. The number of hydrogen-bond acceptors (Lipinski definition) is 7. The summed E-state index contributed by atoms with van der Waals surface area (Å²) in [4.78, 5) is 18.8. The predicted octanol–water partition coefficient (Wildman–Crippen LogP) is 4.42. The van der Waals surface area contributed by atoms with Crippen LogP contribution >= 0.6 is 11.6 Å². The molecule has 1 N–H and O–H groups in total. The number of rotatable bonds is 12. The number of aromatic nitrogens is 3. The molecule has 0 radical (unpaired) electrons. The van der Waals surface area contributed by atoms with Crippen LogP contribution in [0.5, 0.6) is 17.2 Å². The highest BCUT2D eigenvalue weighted by Crippen LogP contribution is 2.34. The van der Waals surface area contributed by atoms with Gasteiger partial charge in [-0.2, -0.15) is 5.10 Å². The second-order valence-electron chi connectivity index (χ2n) is 9.16. The minimum atomic E-state index is -0.594. The van der Waals surface area contributed by atoms with Gasteiger partial charge in [0.1, 0.15) is 28.9 Å². The largest absolute Gasteiger partial charge is 0.497 e. The van der Waals surface area contributed by atoms with Crippen molar-refractivity contribution in [2.75, 3.05) is 41.4 Å². The molecule has 2 aromatic heterocycles. The van der Waals surface area contributed by atoms with Crippen LogP contribution in [0, 0.1) is 5.82 Å². The summed E-state index contributed by atoms with van der Waals surface area (Å²) in [6.45, 7) is 1.57. The van der Waals surface area contributed by atoms with Crippen LogP contribution in [0.3, 0.4) is 0 Å². The SMILES string of the molecule is COc1ccc(COc2cc(OC)c(-n3nc(CC(=O)NCCCN(C)C)c4cnc(Cl)cc43)cc2F)cc1. The molecule has 0 aliphatic heterocycles. The van der Waals surface area contributed by atoms with Crippen LogP contribution in [0.25, 0.3) is 16.6 Å². The maximum Gasteiger partial charge on any atom is 0.226 e. The van der Waals surface area contributed by atoms with Crippen LogP contribution in [0.1, 0.15) is 17.7 Å². The molecule has 0 unspecified atom stereocenters. The second kappa shape index (κ2) is 12.8. The summed E-state index contributed by atoms with van der Waals surface area (Å²) in [5.41, 5.74) is 2.23. The lowest BCUT2D eigenvalue weighted by Gasteiger charge is -2.14. The minimum absolute atomic E-state index is 0.0277. The van der Waals surface area contributed by atoms with Crippen molar-refractivity contribution in [3.8, 4) is 22.9 Å². The van der Waals surface area contributed by atoms with Gasteiger partial charge in [0.05, 0.1) is 31.9 Å². The molecule has 4 aromatic rings. The number of benzene rings is 2. The Morgan fingerprint density at radius 2 is 1.87 bits per heavy atom. The van der Waals surface area contributed by atoms with Crippen molar-refractivity contribution in [3.63, 3.8) is 0 Å². The van der Waals surface area contributed by atoms with E-state index in [0.29, 0.717) is 34.6 Å². The number of hydrogen-bond donors (Lipinski definition) is 1. The Balaban J connectivity index is 1.60. The molecular weight excluding hydrogens is 525 g/mol. The Hall–Kier alpha value is -3.89. The van der Waals surface area contributed by atoms with Gasteiger partial charge >= 0.3 is 0 Å². The summed E-state index contributed by atoms with van der Waals surface area (Å²) in [5.74, 6) is 0.316. The summed E-state index contributed by atoms with van der Waals surface area (Å²) in [6, 6.07) is 11.7. The molecule has 0 atom stereocenters. The van der Waals surface area contributed by atoms with Gasteiger partial charge in [0, 0.05) is 36.3 Å². The molecule has 4 rings (SSSR count). The van der Waals surface area contributed by atoms with E-state index < -0.39 is 5.82 Å². The zero-order valence-corrected chi connectivity index (χ0v) is 23.1. The molecule has 2 aromatic carbocycles. The van der Waals surface area contributed by atoms with Crippen molar-refractivity contribution in [3.05, 3.63) is 70.9 Å². The number of ether oxygens (including phenoxy) is 3. The number of pyridine rings is 1. The van der Waals surface area contributed by atoms with E-state index in [0.717, 1.165) is 24.3 Å². The van der Waals surface area contributed by atoms with E-state index in [4.69, 9.17) is 25.8 Å². The Labute approximate surface area is 231 Å². The van der Waals surface area contributed by atoms with E-state index in [2.05, 4.69) is 20.3 Å². The van der Waals surface area contributed by atoms with Crippen LogP contribution < -0.4 is 19.5 Å². The van der Waals surface area contributed by atoms with Gasteiger partial charge in [0.25, 0.3) is 0 Å². The summed E-state index contributed by atoms with van der Waals surface area (Å²) in [7, 11) is 7.03.